The summed E-state index contributed by atoms with van der Waals surface area (Å²) in [6.07, 6.45) is 6.87. The van der Waals surface area contributed by atoms with Crippen LogP contribution in [-0.4, -0.2) is 29.7 Å². The molecule has 270 valence electrons. The summed E-state index contributed by atoms with van der Waals surface area (Å²) in [5, 5.41) is 6.93. The van der Waals surface area contributed by atoms with Crippen LogP contribution in [0.4, 0.5) is 5.88 Å². The Morgan fingerprint density at radius 2 is 1.51 bits per heavy atom. The molecule has 8 aromatic rings. The van der Waals surface area contributed by atoms with Gasteiger partial charge in [0, 0.05) is 40.1 Å². The summed E-state index contributed by atoms with van der Waals surface area (Å²) in [4.78, 5) is 10.4. The second-order valence-corrected chi connectivity index (χ2v) is 15.0. The third kappa shape index (κ3) is 5.24. The van der Waals surface area contributed by atoms with E-state index in [0.717, 1.165) is 78.6 Å². The number of aliphatic imine (C=N–C) groups is 1. The largest absolute Gasteiger partial charge is 0.456 e. The highest BCUT2D eigenvalue weighted by molar-refractivity contribution is 6.08. The number of nitrogens with two attached hydrogens (primary N) is 1. The summed E-state index contributed by atoms with van der Waals surface area (Å²) in [5.74, 6) is 2.68. The number of hydrogen-bond acceptors (Lipinski definition) is 6. The van der Waals surface area contributed by atoms with Gasteiger partial charge in [-0.2, -0.15) is 0 Å². The van der Waals surface area contributed by atoms with Crippen LogP contribution in [0.2, 0.25) is 0 Å². The topological polar surface area (TPSA) is 71.1 Å². The maximum absolute atomic E-state index is 6.67. The van der Waals surface area contributed by atoms with E-state index in [4.69, 9.17) is 19.6 Å². The molecule has 6 heteroatoms. The van der Waals surface area contributed by atoms with E-state index in [1.54, 1.807) is 0 Å². The standard InChI is InChI=1S/C49H42N4O2/c1-5-33(45-40-27-29(2)21-26-42(40)55-46(45)50)36-24-25-37(35-16-9-8-15-34(35)36)48-51-47(32-23-22-30-13-6-7-14-31(30)28-32)52(3)49(53(48)4)39-18-12-20-43-44(39)38-17-10-11-19-41(38)54-43/h5-26,28-29,48-49H,27,50H2,1-4H3/b33-5-. The van der Waals surface area contributed by atoms with Gasteiger partial charge in [0.1, 0.15) is 35.1 Å². The number of para-hydroxylation sites is 1. The molecule has 3 unspecified atom stereocenters. The highest BCUT2D eigenvalue weighted by Gasteiger charge is 2.38. The van der Waals surface area contributed by atoms with Gasteiger partial charge in [0.05, 0.1) is 0 Å². The lowest BCUT2D eigenvalue weighted by atomic mass is 9.85. The maximum atomic E-state index is 6.67. The molecule has 0 saturated heterocycles. The van der Waals surface area contributed by atoms with E-state index in [1.165, 1.54) is 21.9 Å². The lowest BCUT2D eigenvalue weighted by molar-refractivity contribution is 0.0762. The van der Waals surface area contributed by atoms with Crippen molar-refractivity contribution in [2.24, 2.45) is 10.9 Å². The number of nitrogens with zero attached hydrogens (tertiary/aromatic N) is 3. The first kappa shape index (κ1) is 33.2. The predicted octanol–water partition coefficient (Wildman–Crippen LogP) is 11.7. The minimum atomic E-state index is -0.304. The number of benzene rings is 6. The first-order chi connectivity index (χ1) is 26.9. The fraction of sp³-hybridized carbons (Fsp3) is 0.163. The van der Waals surface area contributed by atoms with E-state index < -0.39 is 0 Å². The Labute approximate surface area is 320 Å². The molecule has 6 aromatic carbocycles. The molecule has 2 N–H and O–H groups in total. The molecule has 0 amide bonds. The average molecular weight is 719 g/mol. The molecule has 2 aliphatic rings. The highest BCUT2D eigenvalue weighted by atomic mass is 16.4. The van der Waals surface area contributed by atoms with E-state index in [9.17, 15) is 0 Å². The average Bonchev–Trinajstić information content (AvgIpc) is 3.75. The van der Waals surface area contributed by atoms with Gasteiger partial charge in [0.15, 0.2) is 5.88 Å². The van der Waals surface area contributed by atoms with Crippen molar-refractivity contribution in [3.8, 4) is 0 Å². The molecule has 0 bridgehead atoms. The zero-order chi connectivity index (χ0) is 37.4. The van der Waals surface area contributed by atoms with Gasteiger partial charge < -0.3 is 19.5 Å². The third-order valence-electron chi connectivity index (χ3n) is 11.7. The number of allylic oxidation sites excluding steroid dienone is 2. The summed E-state index contributed by atoms with van der Waals surface area (Å²) in [6.45, 7) is 4.33. The van der Waals surface area contributed by atoms with Crippen molar-refractivity contribution in [2.45, 2.75) is 32.6 Å². The van der Waals surface area contributed by atoms with Crippen LogP contribution in [0.1, 0.15) is 65.3 Å². The van der Waals surface area contributed by atoms with Gasteiger partial charge in [-0.15, -0.1) is 0 Å². The van der Waals surface area contributed by atoms with Crippen molar-refractivity contribution in [3.63, 3.8) is 0 Å². The normalized spacial score (nSPS) is 19.1. The molecule has 1 aliphatic heterocycles. The van der Waals surface area contributed by atoms with Gasteiger partial charge in [0.25, 0.3) is 0 Å². The van der Waals surface area contributed by atoms with Crippen LogP contribution in [-0.2, 0) is 6.42 Å². The summed E-state index contributed by atoms with van der Waals surface area (Å²) in [7, 11) is 4.36. The smallest absolute Gasteiger partial charge is 0.199 e. The van der Waals surface area contributed by atoms with Gasteiger partial charge in [-0.1, -0.05) is 122 Å². The summed E-state index contributed by atoms with van der Waals surface area (Å²) < 4.78 is 12.6. The van der Waals surface area contributed by atoms with Gasteiger partial charge in [-0.3, -0.25) is 4.90 Å². The lowest BCUT2D eigenvalue weighted by Crippen LogP contribution is -2.47. The van der Waals surface area contributed by atoms with Crippen LogP contribution in [0.3, 0.4) is 0 Å². The number of rotatable bonds is 5. The molecule has 0 spiro atoms. The second kappa shape index (κ2) is 12.9. The monoisotopic (exact) mass is 718 g/mol. The Hall–Kier alpha value is -6.37. The van der Waals surface area contributed by atoms with Crippen LogP contribution in [0.5, 0.6) is 0 Å². The quantitative estimate of drug-likeness (QED) is 0.192. The van der Waals surface area contributed by atoms with Crippen molar-refractivity contribution >= 4 is 66.9 Å². The Morgan fingerprint density at radius 1 is 0.764 bits per heavy atom. The fourth-order valence-electron chi connectivity index (χ4n) is 9.16. The number of nitrogen functional groups attached to an aromatic ring is 1. The van der Waals surface area contributed by atoms with Gasteiger partial charge in [-0.05, 0) is 88.8 Å². The van der Waals surface area contributed by atoms with Gasteiger partial charge in [0.2, 0.25) is 0 Å². The van der Waals surface area contributed by atoms with E-state index in [-0.39, 0.29) is 12.3 Å². The fourth-order valence-corrected chi connectivity index (χ4v) is 9.16. The molecular weight excluding hydrogens is 677 g/mol. The van der Waals surface area contributed by atoms with Crippen molar-refractivity contribution < 1.29 is 8.83 Å². The number of hydrogen-bond donors (Lipinski definition) is 1. The zero-order valence-corrected chi connectivity index (χ0v) is 31.5. The molecule has 1 aliphatic carbocycles. The van der Waals surface area contributed by atoms with E-state index in [2.05, 4.69) is 171 Å². The summed E-state index contributed by atoms with van der Waals surface area (Å²) in [6, 6.07) is 43.2. The minimum absolute atomic E-state index is 0.162. The van der Waals surface area contributed by atoms with E-state index >= 15 is 0 Å². The Bertz CT molecular complexity index is 2910. The molecule has 0 fully saturated rings. The van der Waals surface area contributed by atoms with Crippen LogP contribution in [0, 0.1) is 5.92 Å². The van der Waals surface area contributed by atoms with Crippen molar-refractivity contribution in [2.75, 3.05) is 19.8 Å². The number of furan rings is 2. The van der Waals surface area contributed by atoms with Crippen LogP contribution in [0.25, 0.3) is 55.1 Å². The molecule has 3 atom stereocenters. The molecule has 2 aromatic heterocycles. The van der Waals surface area contributed by atoms with Crippen LogP contribution in [0.15, 0.2) is 147 Å². The summed E-state index contributed by atoms with van der Waals surface area (Å²) in [5.41, 5.74) is 16.2. The molecule has 0 saturated carbocycles. The van der Waals surface area contributed by atoms with Crippen LogP contribution < -0.4 is 5.73 Å². The second-order valence-electron chi connectivity index (χ2n) is 15.0. The molecule has 55 heavy (non-hydrogen) atoms. The van der Waals surface area contributed by atoms with Gasteiger partial charge >= 0.3 is 0 Å². The summed E-state index contributed by atoms with van der Waals surface area (Å²) >= 11 is 0. The SMILES string of the molecule is C/C=C(\c1c(N)oc2c1CC(C)C=C2)c1ccc(C2N=C(c3ccc4ccccc4c3)N(C)C(c3cccc4oc5ccccc5c34)N2C)c2ccccc12. The number of amidine groups is 1. The Morgan fingerprint density at radius 3 is 2.35 bits per heavy atom. The number of fused-ring (bicyclic) bond motifs is 6. The predicted molar refractivity (Wildman–Crippen MR) is 227 cm³/mol. The highest BCUT2D eigenvalue weighted by Crippen LogP contribution is 2.46. The lowest BCUT2D eigenvalue weighted by Gasteiger charge is -2.45. The Balaban J connectivity index is 1.18. The van der Waals surface area contributed by atoms with E-state index in [1.807, 2.05) is 6.07 Å². The molecule has 3 heterocycles. The third-order valence-corrected chi connectivity index (χ3v) is 11.7. The Kier molecular flexibility index (Phi) is 7.79. The molecule has 10 rings (SSSR count). The van der Waals surface area contributed by atoms with Crippen LogP contribution >= 0.6 is 0 Å². The van der Waals surface area contributed by atoms with Gasteiger partial charge in [-0.25, -0.2) is 4.99 Å². The zero-order valence-electron chi connectivity index (χ0n) is 31.5. The molecule has 0 radical (unpaired) electrons. The molecule has 6 nitrogen and oxygen atoms in total. The van der Waals surface area contributed by atoms with Crippen molar-refractivity contribution in [3.05, 3.63) is 173 Å². The maximum Gasteiger partial charge on any atom is 0.199 e. The number of anilines is 1. The van der Waals surface area contributed by atoms with Crippen molar-refractivity contribution in [1.82, 2.24) is 9.80 Å². The van der Waals surface area contributed by atoms with Crippen molar-refractivity contribution in [1.29, 1.82) is 0 Å². The first-order valence-corrected chi connectivity index (χ1v) is 19.1. The minimum Gasteiger partial charge on any atom is -0.456 e. The first-order valence-electron chi connectivity index (χ1n) is 19.1. The molecular formula is C49H42N4O2. The van der Waals surface area contributed by atoms with E-state index in [0.29, 0.717) is 11.8 Å².